The fourth-order valence-corrected chi connectivity index (χ4v) is 3.81. The molecular weight excluding hydrogens is 340 g/mol. The summed E-state index contributed by atoms with van der Waals surface area (Å²) >= 11 is 7.42. The molecule has 0 N–H and O–H groups in total. The summed E-state index contributed by atoms with van der Waals surface area (Å²) in [7, 11) is 0. The molecule has 0 aliphatic rings. The van der Waals surface area contributed by atoms with Gasteiger partial charge in [0.1, 0.15) is 0 Å². The van der Waals surface area contributed by atoms with Gasteiger partial charge in [-0.15, -0.1) is 0 Å². The number of unbranched alkanes of at least 4 members (excludes halogenated alkanes) is 4. The van der Waals surface area contributed by atoms with Crippen molar-refractivity contribution in [1.82, 2.24) is 9.55 Å². The third-order valence-corrected chi connectivity index (χ3v) is 5.36. The largest absolute Gasteiger partial charge is 0.336 e. The van der Waals surface area contributed by atoms with Gasteiger partial charge in [0, 0.05) is 30.4 Å². The molecule has 1 aromatic heterocycles. The number of carbonyl (C=O) groups excluding carboxylic acids is 1. The van der Waals surface area contributed by atoms with E-state index in [0.717, 1.165) is 24.9 Å². The lowest BCUT2D eigenvalue weighted by molar-refractivity contribution is -0.111. The maximum atomic E-state index is 12.4. The molecule has 0 saturated carbocycles. The Kier molecular flexibility index (Phi) is 8.40. The second kappa shape index (κ2) is 10.6. The molecule has 0 bridgehead atoms. The summed E-state index contributed by atoms with van der Waals surface area (Å²) in [5, 5.41) is 1.07. The first-order chi connectivity index (χ1) is 11.7. The van der Waals surface area contributed by atoms with Crippen LogP contribution in [0.2, 0.25) is 5.02 Å². The summed E-state index contributed by atoms with van der Waals surface area (Å²) in [4.78, 5) is 16.5. The van der Waals surface area contributed by atoms with Crippen LogP contribution < -0.4 is 0 Å². The smallest absolute Gasteiger partial charge is 0.189 e. The van der Waals surface area contributed by atoms with E-state index in [-0.39, 0.29) is 10.4 Å². The minimum absolute atomic E-state index is 0.0830. The number of benzene rings is 1. The molecule has 0 radical (unpaired) electrons. The number of hydrogen-bond acceptors (Lipinski definition) is 3. The third-order valence-electron chi connectivity index (χ3n) is 3.94. The van der Waals surface area contributed by atoms with E-state index >= 15 is 0 Å². The number of hydrogen-bond donors (Lipinski definition) is 0. The Bertz CT molecular complexity index is 598. The Morgan fingerprint density at radius 1 is 1.21 bits per heavy atom. The van der Waals surface area contributed by atoms with Gasteiger partial charge in [-0.3, -0.25) is 4.79 Å². The van der Waals surface area contributed by atoms with Crippen LogP contribution in [0, 0.1) is 0 Å². The number of imidazole rings is 1. The highest BCUT2D eigenvalue weighted by atomic mass is 35.5. The van der Waals surface area contributed by atoms with Crippen molar-refractivity contribution in [2.24, 2.45) is 0 Å². The van der Waals surface area contributed by atoms with Gasteiger partial charge < -0.3 is 4.57 Å². The van der Waals surface area contributed by atoms with Crippen molar-refractivity contribution in [2.75, 3.05) is 0 Å². The maximum Gasteiger partial charge on any atom is 0.189 e. The van der Waals surface area contributed by atoms with Crippen molar-refractivity contribution >= 4 is 28.5 Å². The van der Waals surface area contributed by atoms with Crippen LogP contribution in [0.5, 0.6) is 0 Å². The number of rotatable bonds is 10. The van der Waals surface area contributed by atoms with E-state index in [4.69, 9.17) is 11.6 Å². The van der Waals surface area contributed by atoms with Crippen LogP contribution in [-0.2, 0) is 11.3 Å². The van der Waals surface area contributed by atoms with E-state index in [9.17, 15) is 4.79 Å². The van der Waals surface area contributed by atoms with Crippen molar-refractivity contribution in [3.63, 3.8) is 0 Å². The molecule has 5 heteroatoms. The molecular formula is C19H25ClN2OS. The van der Waals surface area contributed by atoms with Gasteiger partial charge in [-0.2, -0.15) is 0 Å². The highest BCUT2D eigenvalue weighted by molar-refractivity contribution is 8.13. The van der Waals surface area contributed by atoms with Gasteiger partial charge in [0.05, 0.1) is 11.6 Å². The van der Waals surface area contributed by atoms with E-state index in [1.54, 1.807) is 12.5 Å². The van der Waals surface area contributed by atoms with Crippen LogP contribution in [0.15, 0.2) is 43.0 Å². The zero-order chi connectivity index (χ0) is 17.2. The third kappa shape index (κ3) is 6.70. The molecule has 0 aliphatic carbocycles. The van der Waals surface area contributed by atoms with Crippen LogP contribution in [0.25, 0.3) is 0 Å². The van der Waals surface area contributed by atoms with Crippen LogP contribution >= 0.6 is 23.4 Å². The van der Waals surface area contributed by atoms with Crippen molar-refractivity contribution in [1.29, 1.82) is 0 Å². The van der Waals surface area contributed by atoms with Gasteiger partial charge in [-0.1, -0.05) is 68.1 Å². The Balaban J connectivity index is 1.92. The Morgan fingerprint density at radius 3 is 2.62 bits per heavy atom. The normalized spacial score (nSPS) is 12.2. The van der Waals surface area contributed by atoms with E-state index in [1.807, 2.05) is 35.0 Å². The monoisotopic (exact) mass is 364 g/mol. The van der Waals surface area contributed by atoms with Gasteiger partial charge in [0.2, 0.25) is 0 Å². The topological polar surface area (TPSA) is 34.9 Å². The minimum Gasteiger partial charge on any atom is -0.336 e. The molecule has 1 unspecified atom stereocenters. The van der Waals surface area contributed by atoms with Crippen LogP contribution in [-0.4, -0.2) is 14.7 Å². The second-order valence-electron chi connectivity index (χ2n) is 5.95. The molecule has 0 aliphatic heterocycles. The molecule has 3 nitrogen and oxygen atoms in total. The summed E-state index contributed by atoms with van der Waals surface area (Å²) in [6.07, 6.45) is 12.0. The molecule has 24 heavy (non-hydrogen) atoms. The SMILES string of the molecule is CCCCCCCC(=O)SC(Cn1ccnc1)c1ccc(Cl)cc1. The fraction of sp³-hybridized carbons (Fsp3) is 0.474. The van der Waals surface area contributed by atoms with Gasteiger partial charge in [-0.05, 0) is 24.1 Å². The first-order valence-corrected chi connectivity index (χ1v) is 9.85. The predicted molar refractivity (Wildman–Crippen MR) is 102 cm³/mol. The van der Waals surface area contributed by atoms with Crippen molar-refractivity contribution < 1.29 is 4.79 Å². The van der Waals surface area contributed by atoms with E-state index in [1.165, 1.54) is 31.0 Å². The number of carbonyl (C=O) groups is 1. The van der Waals surface area contributed by atoms with Gasteiger partial charge in [0.25, 0.3) is 0 Å². The fourth-order valence-electron chi connectivity index (χ4n) is 2.56. The quantitative estimate of drug-likeness (QED) is 0.492. The zero-order valence-corrected chi connectivity index (χ0v) is 15.7. The van der Waals surface area contributed by atoms with Crippen molar-refractivity contribution in [2.45, 2.75) is 57.2 Å². The Labute approximate surface area is 153 Å². The first-order valence-electron chi connectivity index (χ1n) is 8.59. The highest BCUT2D eigenvalue weighted by Gasteiger charge is 2.17. The summed E-state index contributed by atoms with van der Waals surface area (Å²) in [6, 6.07) is 7.78. The van der Waals surface area contributed by atoms with Gasteiger partial charge in [0.15, 0.2) is 5.12 Å². The lowest BCUT2D eigenvalue weighted by Gasteiger charge is -2.17. The predicted octanol–water partition coefficient (Wildman–Crippen LogP) is 5.90. The lowest BCUT2D eigenvalue weighted by atomic mass is 10.1. The molecule has 1 aromatic carbocycles. The molecule has 0 fully saturated rings. The van der Waals surface area contributed by atoms with Gasteiger partial charge in [-0.25, -0.2) is 4.98 Å². The van der Waals surface area contributed by atoms with Gasteiger partial charge >= 0.3 is 0 Å². The lowest BCUT2D eigenvalue weighted by Crippen LogP contribution is -2.08. The van der Waals surface area contributed by atoms with Crippen LogP contribution in [0.3, 0.4) is 0 Å². The zero-order valence-electron chi connectivity index (χ0n) is 14.2. The van der Waals surface area contributed by atoms with Crippen molar-refractivity contribution in [3.05, 3.63) is 53.6 Å². The second-order valence-corrected chi connectivity index (χ2v) is 7.65. The van der Waals surface area contributed by atoms with Crippen LogP contribution in [0.4, 0.5) is 0 Å². The Hall–Kier alpha value is -1.26. The summed E-state index contributed by atoms with van der Waals surface area (Å²) < 4.78 is 2.01. The average molecular weight is 365 g/mol. The molecule has 130 valence electrons. The van der Waals surface area contributed by atoms with E-state index in [0.29, 0.717) is 11.4 Å². The average Bonchev–Trinajstić information content (AvgIpc) is 3.08. The van der Waals surface area contributed by atoms with E-state index < -0.39 is 0 Å². The summed E-state index contributed by atoms with van der Waals surface area (Å²) in [6.45, 7) is 2.93. The summed E-state index contributed by atoms with van der Waals surface area (Å²) in [5.74, 6) is 0. The highest BCUT2D eigenvalue weighted by Crippen LogP contribution is 2.33. The number of halogens is 1. The van der Waals surface area contributed by atoms with Crippen LogP contribution in [0.1, 0.15) is 56.3 Å². The molecule has 0 amide bonds. The van der Waals surface area contributed by atoms with E-state index in [2.05, 4.69) is 11.9 Å². The number of nitrogens with zero attached hydrogens (tertiary/aromatic N) is 2. The maximum absolute atomic E-state index is 12.4. The number of aromatic nitrogens is 2. The Morgan fingerprint density at radius 2 is 1.96 bits per heavy atom. The number of thioether (sulfide) groups is 1. The molecule has 2 rings (SSSR count). The molecule has 0 saturated heterocycles. The first kappa shape index (κ1) is 19.1. The molecule has 0 spiro atoms. The molecule has 1 atom stereocenters. The molecule has 1 heterocycles. The van der Waals surface area contributed by atoms with Crippen molar-refractivity contribution in [3.8, 4) is 0 Å². The minimum atomic E-state index is 0.0830. The summed E-state index contributed by atoms with van der Waals surface area (Å²) in [5.41, 5.74) is 1.12. The molecule has 2 aromatic rings. The standard InChI is InChI=1S/C19H25ClN2OS/c1-2-3-4-5-6-7-19(23)24-18(14-22-13-12-21-15-22)16-8-10-17(20)11-9-16/h8-13,15,18H,2-7,14H2,1H3.